The number of hydrogen-bond acceptors (Lipinski definition) is 4. The van der Waals surface area contributed by atoms with Crippen molar-refractivity contribution in [3.8, 4) is 0 Å². The number of ether oxygens (including phenoxy) is 1. The van der Waals surface area contributed by atoms with E-state index in [1.54, 1.807) is 0 Å². The standard InChI is InChI=1S/C18H27N5O/c1-2-23-16(6-9-20-23)5-8-19-17-7-10-24-18(17)15-11-21-22(13-15)12-14-3-4-14/h6,9,11,13-14,17-19H,2-5,7-8,10,12H2,1H3/t17-,18+/m0/s1. The molecule has 130 valence electrons. The van der Waals surface area contributed by atoms with Gasteiger partial charge in [-0.15, -0.1) is 0 Å². The van der Waals surface area contributed by atoms with Crippen molar-refractivity contribution in [2.24, 2.45) is 5.92 Å². The molecule has 0 spiro atoms. The van der Waals surface area contributed by atoms with Crippen molar-refractivity contribution in [2.45, 2.75) is 57.8 Å². The zero-order valence-electron chi connectivity index (χ0n) is 14.4. The lowest BCUT2D eigenvalue weighted by Crippen LogP contribution is -2.33. The first-order valence-electron chi connectivity index (χ1n) is 9.21. The second-order valence-electron chi connectivity index (χ2n) is 6.97. The van der Waals surface area contributed by atoms with E-state index >= 15 is 0 Å². The summed E-state index contributed by atoms with van der Waals surface area (Å²) in [7, 11) is 0. The number of aromatic nitrogens is 4. The zero-order chi connectivity index (χ0) is 16.4. The minimum Gasteiger partial charge on any atom is -0.372 e. The molecule has 0 unspecified atom stereocenters. The van der Waals surface area contributed by atoms with Gasteiger partial charge in [0.25, 0.3) is 0 Å². The van der Waals surface area contributed by atoms with Crippen molar-refractivity contribution in [1.29, 1.82) is 0 Å². The quantitative estimate of drug-likeness (QED) is 0.806. The van der Waals surface area contributed by atoms with Gasteiger partial charge in [-0.2, -0.15) is 10.2 Å². The maximum Gasteiger partial charge on any atom is 0.101 e. The molecule has 1 saturated heterocycles. The predicted molar refractivity (Wildman–Crippen MR) is 91.7 cm³/mol. The number of aryl methyl sites for hydroxylation is 1. The molecule has 6 heteroatoms. The third-order valence-electron chi connectivity index (χ3n) is 5.11. The van der Waals surface area contributed by atoms with Crippen molar-refractivity contribution >= 4 is 0 Å². The minimum absolute atomic E-state index is 0.133. The molecule has 0 amide bonds. The molecule has 2 aromatic heterocycles. The Kier molecular flexibility index (Phi) is 4.67. The first-order valence-corrected chi connectivity index (χ1v) is 9.21. The highest BCUT2D eigenvalue weighted by Crippen LogP contribution is 2.32. The first kappa shape index (κ1) is 15.8. The Hall–Kier alpha value is -1.66. The van der Waals surface area contributed by atoms with Crippen molar-refractivity contribution < 1.29 is 4.74 Å². The molecule has 0 radical (unpaired) electrons. The van der Waals surface area contributed by atoms with E-state index in [2.05, 4.69) is 44.1 Å². The first-order chi connectivity index (χ1) is 11.8. The molecule has 2 atom stereocenters. The zero-order valence-corrected chi connectivity index (χ0v) is 14.4. The summed E-state index contributed by atoms with van der Waals surface area (Å²) in [6, 6.07) is 2.48. The van der Waals surface area contributed by atoms with Gasteiger partial charge >= 0.3 is 0 Å². The smallest absolute Gasteiger partial charge is 0.101 e. The average molecular weight is 329 g/mol. The fraction of sp³-hybridized carbons (Fsp3) is 0.667. The van der Waals surface area contributed by atoms with Crippen LogP contribution in [0.1, 0.15) is 43.5 Å². The van der Waals surface area contributed by atoms with Gasteiger partial charge in [0.1, 0.15) is 6.10 Å². The molecule has 2 aromatic rings. The van der Waals surface area contributed by atoms with Crippen LogP contribution in [0.2, 0.25) is 0 Å². The van der Waals surface area contributed by atoms with Gasteiger partial charge in [-0.1, -0.05) is 0 Å². The van der Waals surface area contributed by atoms with Gasteiger partial charge in [0.15, 0.2) is 0 Å². The molecule has 2 aliphatic rings. The van der Waals surface area contributed by atoms with Gasteiger partial charge in [-0.25, -0.2) is 0 Å². The van der Waals surface area contributed by atoms with Crippen LogP contribution in [0.3, 0.4) is 0 Å². The number of nitrogens with one attached hydrogen (secondary N) is 1. The highest BCUT2D eigenvalue weighted by molar-refractivity contribution is 5.13. The van der Waals surface area contributed by atoms with E-state index in [0.717, 1.165) is 45.0 Å². The largest absolute Gasteiger partial charge is 0.372 e. The summed E-state index contributed by atoms with van der Waals surface area (Å²) in [6.07, 6.45) is 10.9. The lowest BCUT2D eigenvalue weighted by molar-refractivity contribution is 0.0988. The van der Waals surface area contributed by atoms with Crippen LogP contribution in [-0.4, -0.2) is 38.8 Å². The van der Waals surface area contributed by atoms with E-state index in [4.69, 9.17) is 4.74 Å². The van der Waals surface area contributed by atoms with Gasteiger partial charge in [-0.3, -0.25) is 9.36 Å². The third kappa shape index (κ3) is 3.54. The highest BCUT2D eigenvalue weighted by atomic mass is 16.5. The van der Waals surface area contributed by atoms with Gasteiger partial charge in [0, 0.05) is 62.4 Å². The van der Waals surface area contributed by atoms with E-state index < -0.39 is 0 Å². The second-order valence-corrected chi connectivity index (χ2v) is 6.97. The minimum atomic E-state index is 0.133. The second kappa shape index (κ2) is 7.07. The molecule has 4 rings (SSSR count). The van der Waals surface area contributed by atoms with E-state index in [1.807, 2.05) is 12.4 Å². The van der Waals surface area contributed by atoms with Crippen molar-refractivity contribution in [3.05, 3.63) is 35.9 Å². The lowest BCUT2D eigenvalue weighted by Gasteiger charge is -2.19. The van der Waals surface area contributed by atoms with Crippen molar-refractivity contribution in [2.75, 3.05) is 13.2 Å². The van der Waals surface area contributed by atoms with Gasteiger partial charge in [0.05, 0.1) is 6.20 Å². The third-order valence-corrected chi connectivity index (χ3v) is 5.11. The number of rotatable bonds is 8. The Bertz CT molecular complexity index is 660. The number of hydrogen-bond donors (Lipinski definition) is 1. The molecular formula is C18H27N5O. The van der Waals surface area contributed by atoms with E-state index in [9.17, 15) is 0 Å². The summed E-state index contributed by atoms with van der Waals surface area (Å²) in [4.78, 5) is 0. The molecule has 3 heterocycles. The molecule has 1 N–H and O–H groups in total. The van der Waals surface area contributed by atoms with Crippen LogP contribution in [0, 0.1) is 5.92 Å². The van der Waals surface area contributed by atoms with E-state index in [-0.39, 0.29) is 6.10 Å². The molecule has 0 bridgehead atoms. The monoisotopic (exact) mass is 329 g/mol. The maximum absolute atomic E-state index is 5.98. The SMILES string of the molecule is CCn1nccc1CCN[C@H]1CCO[C@@H]1c1cnn(CC2CC2)c1. The summed E-state index contributed by atoms with van der Waals surface area (Å²) in [5.41, 5.74) is 2.50. The average Bonchev–Trinajstić information content (AvgIpc) is 2.99. The lowest BCUT2D eigenvalue weighted by atomic mass is 10.1. The Morgan fingerprint density at radius 2 is 2.21 bits per heavy atom. The molecule has 24 heavy (non-hydrogen) atoms. The highest BCUT2D eigenvalue weighted by Gasteiger charge is 2.30. The van der Waals surface area contributed by atoms with Gasteiger partial charge in [-0.05, 0) is 38.2 Å². The summed E-state index contributed by atoms with van der Waals surface area (Å²) < 4.78 is 10.1. The van der Waals surface area contributed by atoms with Crippen LogP contribution in [0.15, 0.2) is 24.7 Å². The Morgan fingerprint density at radius 1 is 1.29 bits per heavy atom. The van der Waals surface area contributed by atoms with E-state index in [0.29, 0.717) is 6.04 Å². The number of nitrogens with zero attached hydrogens (tertiary/aromatic N) is 4. The summed E-state index contributed by atoms with van der Waals surface area (Å²) >= 11 is 0. The van der Waals surface area contributed by atoms with Crippen molar-refractivity contribution in [3.63, 3.8) is 0 Å². The molecule has 1 aliphatic carbocycles. The summed E-state index contributed by atoms with van der Waals surface area (Å²) in [5, 5.41) is 12.5. The van der Waals surface area contributed by atoms with Crippen molar-refractivity contribution in [1.82, 2.24) is 24.9 Å². The van der Waals surface area contributed by atoms with Gasteiger partial charge in [0.2, 0.25) is 0 Å². The normalized spacial score (nSPS) is 23.9. The van der Waals surface area contributed by atoms with Crippen LogP contribution in [0.5, 0.6) is 0 Å². The molecule has 1 saturated carbocycles. The topological polar surface area (TPSA) is 56.9 Å². The molecule has 1 aliphatic heterocycles. The fourth-order valence-electron chi connectivity index (χ4n) is 3.56. The fourth-order valence-corrected chi connectivity index (χ4v) is 3.56. The predicted octanol–water partition coefficient (Wildman–Crippen LogP) is 2.17. The van der Waals surface area contributed by atoms with Crippen LogP contribution in [0.25, 0.3) is 0 Å². The Balaban J connectivity index is 1.32. The molecule has 6 nitrogen and oxygen atoms in total. The van der Waals surface area contributed by atoms with Crippen LogP contribution in [0.4, 0.5) is 0 Å². The Labute approximate surface area is 143 Å². The van der Waals surface area contributed by atoms with E-state index in [1.165, 1.54) is 24.1 Å². The summed E-state index contributed by atoms with van der Waals surface area (Å²) in [5.74, 6) is 0.847. The van der Waals surface area contributed by atoms with Crippen LogP contribution < -0.4 is 5.32 Å². The summed E-state index contributed by atoms with van der Waals surface area (Å²) in [6.45, 7) is 5.89. The van der Waals surface area contributed by atoms with Crippen LogP contribution in [-0.2, 0) is 24.2 Å². The molecule has 2 fully saturated rings. The molecule has 0 aromatic carbocycles. The molecular weight excluding hydrogens is 302 g/mol. The van der Waals surface area contributed by atoms with Gasteiger partial charge < -0.3 is 10.1 Å². The Morgan fingerprint density at radius 3 is 3.04 bits per heavy atom. The maximum atomic E-state index is 5.98. The van der Waals surface area contributed by atoms with Crippen LogP contribution >= 0.6 is 0 Å².